The molecule has 0 spiro atoms. The first-order valence-electron chi connectivity index (χ1n) is 7.59. The van der Waals surface area contributed by atoms with Crippen LogP contribution in [0.2, 0.25) is 0 Å². The van der Waals surface area contributed by atoms with E-state index in [-0.39, 0.29) is 24.2 Å². The number of aliphatic hydroxyl groups is 1. The van der Waals surface area contributed by atoms with Crippen LogP contribution in [0.4, 0.5) is 4.39 Å². The molecule has 0 aliphatic heterocycles. The Labute approximate surface area is 139 Å². The number of carbonyl (C=O) groups is 1. The second-order valence-electron chi connectivity index (χ2n) is 5.86. The van der Waals surface area contributed by atoms with Crippen LogP contribution in [-0.2, 0) is 11.3 Å². The zero-order valence-electron chi connectivity index (χ0n) is 13.6. The Balaban J connectivity index is 2.23. The van der Waals surface area contributed by atoms with Crippen LogP contribution in [0.3, 0.4) is 0 Å². The van der Waals surface area contributed by atoms with E-state index in [2.05, 4.69) is 5.32 Å². The Morgan fingerprint density at radius 2 is 2.17 bits per heavy atom. The third-order valence-electron chi connectivity index (χ3n) is 3.61. The molecular formula is C17H22FNO3S. The lowest BCUT2D eigenvalue weighted by Gasteiger charge is -2.14. The monoisotopic (exact) mass is 339 g/mol. The highest BCUT2D eigenvalue weighted by atomic mass is 32.1. The molecule has 0 aliphatic rings. The topological polar surface area (TPSA) is 58.6 Å². The molecule has 1 aromatic carbocycles. The van der Waals surface area contributed by atoms with Gasteiger partial charge >= 0.3 is 0 Å². The van der Waals surface area contributed by atoms with Crippen LogP contribution >= 0.6 is 11.3 Å². The Hall–Kier alpha value is -1.50. The fourth-order valence-electron chi connectivity index (χ4n) is 2.65. The summed E-state index contributed by atoms with van der Waals surface area (Å²) in [5, 5.41) is 12.7. The van der Waals surface area contributed by atoms with Gasteiger partial charge in [0.1, 0.15) is 5.82 Å². The molecule has 2 N–H and O–H groups in total. The maximum Gasteiger partial charge on any atom is 0.261 e. The van der Waals surface area contributed by atoms with Crippen LogP contribution in [-0.4, -0.2) is 30.8 Å². The molecular weight excluding hydrogens is 317 g/mol. The molecule has 4 nitrogen and oxygen atoms in total. The van der Waals surface area contributed by atoms with Crippen molar-refractivity contribution < 1.29 is 19.0 Å². The molecule has 126 valence electrons. The first-order valence-corrected chi connectivity index (χ1v) is 8.40. The molecule has 0 saturated heterocycles. The number of benzene rings is 1. The number of fused-ring (bicyclic) bond motifs is 1. The number of methoxy groups -OCH3 is 1. The van der Waals surface area contributed by atoms with E-state index in [1.54, 1.807) is 19.1 Å². The largest absolute Gasteiger partial charge is 0.393 e. The third-order valence-corrected chi connectivity index (χ3v) is 4.81. The van der Waals surface area contributed by atoms with Gasteiger partial charge in [0.2, 0.25) is 0 Å². The molecule has 2 aromatic rings. The van der Waals surface area contributed by atoms with Crippen molar-refractivity contribution in [2.24, 2.45) is 5.92 Å². The predicted molar refractivity (Wildman–Crippen MR) is 90.3 cm³/mol. The SMILES string of the molecule is COCc1c(C(=O)NC[C@H](C)C[C@@H](C)O)sc2cccc(F)c12. The number of hydrogen-bond acceptors (Lipinski definition) is 4. The second-order valence-corrected chi connectivity index (χ2v) is 6.91. The number of thiophene rings is 1. The maximum absolute atomic E-state index is 14.1. The molecule has 1 amide bonds. The van der Waals surface area contributed by atoms with Gasteiger partial charge in [0.05, 0.1) is 17.6 Å². The second kappa shape index (κ2) is 7.86. The van der Waals surface area contributed by atoms with Gasteiger partial charge in [0.25, 0.3) is 5.91 Å². The van der Waals surface area contributed by atoms with Gasteiger partial charge in [-0.05, 0) is 31.4 Å². The fraction of sp³-hybridized carbons (Fsp3) is 0.471. The normalized spacial score (nSPS) is 14.0. The van der Waals surface area contributed by atoms with Gasteiger partial charge in [-0.2, -0.15) is 0 Å². The summed E-state index contributed by atoms with van der Waals surface area (Å²) in [6.07, 6.45) is 0.219. The van der Waals surface area contributed by atoms with E-state index in [0.717, 1.165) is 4.70 Å². The van der Waals surface area contributed by atoms with E-state index in [9.17, 15) is 14.3 Å². The molecule has 0 bridgehead atoms. The van der Waals surface area contributed by atoms with E-state index in [4.69, 9.17) is 4.74 Å². The molecule has 1 aromatic heterocycles. The van der Waals surface area contributed by atoms with E-state index in [0.29, 0.717) is 28.8 Å². The average molecular weight is 339 g/mol. The lowest BCUT2D eigenvalue weighted by Crippen LogP contribution is -2.29. The third kappa shape index (κ3) is 4.28. The highest BCUT2D eigenvalue weighted by molar-refractivity contribution is 7.21. The summed E-state index contributed by atoms with van der Waals surface area (Å²) < 4.78 is 20.0. The molecule has 0 aliphatic carbocycles. The number of rotatable bonds is 7. The van der Waals surface area contributed by atoms with Gasteiger partial charge in [-0.15, -0.1) is 11.3 Å². The summed E-state index contributed by atoms with van der Waals surface area (Å²) >= 11 is 1.27. The maximum atomic E-state index is 14.1. The lowest BCUT2D eigenvalue weighted by molar-refractivity contribution is 0.0939. The number of amides is 1. The number of nitrogens with one attached hydrogen (secondary N) is 1. The number of ether oxygens (including phenoxy) is 1. The highest BCUT2D eigenvalue weighted by Gasteiger charge is 2.21. The first kappa shape index (κ1) is 17.8. The number of carbonyl (C=O) groups excluding carboxylic acids is 1. The minimum atomic E-state index is -0.399. The van der Waals surface area contributed by atoms with E-state index >= 15 is 0 Å². The van der Waals surface area contributed by atoms with Crippen molar-refractivity contribution in [3.05, 3.63) is 34.5 Å². The van der Waals surface area contributed by atoms with Crippen molar-refractivity contribution in [1.82, 2.24) is 5.32 Å². The highest BCUT2D eigenvalue weighted by Crippen LogP contribution is 2.33. The van der Waals surface area contributed by atoms with Crippen LogP contribution in [0.5, 0.6) is 0 Å². The van der Waals surface area contributed by atoms with Crippen molar-refractivity contribution in [2.75, 3.05) is 13.7 Å². The molecule has 0 fully saturated rings. The van der Waals surface area contributed by atoms with Gasteiger partial charge in [-0.25, -0.2) is 4.39 Å². The smallest absolute Gasteiger partial charge is 0.261 e. The Bertz CT molecular complexity index is 684. The Kier molecular flexibility index (Phi) is 6.10. The van der Waals surface area contributed by atoms with Crippen molar-refractivity contribution >= 4 is 27.3 Å². The molecule has 2 atom stereocenters. The molecule has 6 heteroatoms. The number of hydrogen-bond donors (Lipinski definition) is 2. The van der Waals surface area contributed by atoms with Gasteiger partial charge in [0, 0.05) is 29.3 Å². The summed E-state index contributed by atoms with van der Waals surface area (Å²) in [5.74, 6) is -0.404. The molecule has 0 saturated carbocycles. The Morgan fingerprint density at radius 1 is 1.43 bits per heavy atom. The van der Waals surface area contributed by atoms with Crippen molar-refractivity contribution in [3.8, 4) is 0 Å². The molecule has 23 heavy (non-hydrogen) atoms. The zero-order chi connectivity index (χ0) is 17.0. The molecule has 0 unspecified atom stereocenters. The van der Waals surface area contributed by atoms with Crippen molar-refractivity contribution in [2.45, 2.75) is 33.0 Å². The molecule has 0 radical (unpaired) electrons. The average Bonchev–Trinajstić information content (AvgIpc) is 2.85. The van der Waals surface area contributed by atoms with Gasteiger partial charge in [-0.3, -0.25) is 4.79 Å². The minimum absolute atomic E-state index is 0.163. The van der Waals surface area contributed by atoms with Gasteiger partial charge in [0.15, 0.2) is 0 Å². The van der Waals surface area contributed by atoms with Crippen LogP contribution in [0.25, 0.3) is 10.1 Å². The standard InChI is InChI=1S/C17H22FNO3S/c1-10(7-11(2)20)8-19-17(21)16-12(9-22-3)15-13(18)5-4-6-14(15)23-16/h4-6,10-11,20H,7-9H2,1-3H3,(H,19,21)/t10-,11-/m1/s1. The van der Waals surface area contributed by atoms with Crippen LogP contribution in [0.15, 0.2) is 18.2 Å². The summed E-state index contributed by atoms with van der Waals surface area (Å²) in [6, 6.07) is 4.83. The van der Waals surface area contributed by atoms with Gasteiger partial charge < -0.3 is 15.2 Å². The van der Waals surface area contributed by atoms with E-state index in [1.807, 2.05) is 6.92 Å². The van der Waals surface area contributed by atoms with Crippen LogP contribution < -0.4 is 5.32 Å². The predicted octanol–water partition coefficient (Wildman–Crippen LogP) is 3.32. The summed E-state index contributed by atoms with van der Waals surface area (Å²) in [7, 11) is 1.52. The summed E-state index contributed by atoms with van der Waals surface area (Å²) in [4.78, 5) is 13.0. The molecule has 2 rings (SSSR count). The quantitative estimate of drug-likeness (QED) is 0.813. The minimum Gasteiger partial charge on any atom is -0.393 e. The van der Waals surface area contributed by atoms with Crippen LogP contribution in [0, 0.1) is 11.7 Å². The Morgan fingerprint density at radius 3 is 2.83 bits per heavy atom. The summed E-state index contributed by atoms with van der Waals surface area (Å²) in [5.41, 5.74) is 0.589. The zero-order valence-corrected chi connectivity index (χ0v) is 14.4. The number of halogens is 1. The number of aliphatic hydroxyl groups excluding tert-OH is 1. The summed E-state index contributed by atoms with van der Waals surface area (Å²) in [6.45, 7) is 4.34. The van der Waals surface area contributed by atoms with Crippen molar-refractivity contribution in [1.29, 1.82) is 0 Å². The molecule has 1 heterocycles. The van der Waals surface area contributed by atoms with Crippen LogP contribution in [0.1, 0.15) is 35.5 Å². The van der Waals surface area contributed by atoms with E-state index < -0.39 is 6.10 Å². The lowest BCUT2D eigenvalue weighted by atomic mass is 10.0. The van der Waals surface area contributed by atoms with Gasteiger partial charge in [-0.1, -0.05) is 13.0 Å². The first-order chi connectivity index (χ1) is 10.9. The fourth-order valence-corrected chi connectivity index (χ4v) is 3.78. The van der Waals surface area contributed by atoms with E-state index in [1.165, 1.54) is 24.5 Å². The van der Waals surface area contributed by atoms with Crippen molar-refractivity contribution in [3.63, 3.8) is 0 Å².